The standard InChI is InChI=1S/C13H13NO6/c1-2-20-13(17)6-4-9-3-5-10(8-12(15)16)11(7-9)14(18)19/h3-7H,2,8H2,1H3,(H,15,16). The van der Waals surface area contributed by atoms with Crippen molar-refractivity contribution in [2.75, 3.05) is 6.61 Å². The molecule has 1 aromatic rings. The highest BCUT2D eigenvalue weighted by Crippen LogP contribution is 2.21. The van der Waals surface area contributed by atoms with Crippen molar-refractivity contribution < 1.29 is 24.4 Å². The van der Waals surface area contributed by atoms with E-state index in [0.29, 0.717) is 5.56 Å². The first-order valence-electron chi connectivity index (χ1n) is 5.78. The van der Waals surface area contributed by atoms with Gasteiger partial charge in [-0.15, -0.1) is 0 Å². The van der Waals surface area contributed by atoms with Gasteiger partial charge in [0.25, 0.3) is 5.69 Å². The molecule has 106 valence electrons. The maximum absolute atomic E-state index is 11.1. The van der Waals surface area contributed by atoms with E-state index in [1.807, 2.05) is 0 Å². The van der Waals surface area contributed by atoms with Gasteiger partial charge in [0.05, 0.1) is 18.0 Å². The van der Waals surface area contributed by atoms with Gasteiger partial charge in [0.15, 0.2) is 0 Å². The van der Waals surface area contributed by atoms with Gasteiger partial charge in [-0.3, -0.25) is 14.9 Å². The van der Waals surface area contributed by atoms with E-state index in [1.54, 1.807) is 6.92 Å². The third-order valence-electron chi connectivity index (χ3n) is 2.35. The lowest BCUT2D eigenvalue weighted by Gasteiger charge is -2.01. The van der Waals surface area contributed by atoms with Crippen LogP contribution in [0, 0.1) is 10.1 Å². The number of carboxylic acid groups (broad SMARTS) is 1. The van der Waals surface area contributed by atoms with Crippen molar-refractivity contribution >= 4 is 23.7 Å². The zero-order valence-electron chi connectivity index (χ0n) is 10.7. The van der Waals surface area contributed by atoms with Crippen LogP contribution in [0.15, 0.2) is 24.3 Å². The van der Waals surface area contributed by atoms with Crippen LogP contribution in [0.2, 0.25) is 0 Å². The molecule has 0 radical (unpaired) electrons. The van der Waals surface area contributed by atoms with Crippen LogP contribution >= 0.6 is 0 Å². The molecule has 0 aliphatic carbocycles. The molecule has 1 N–H and O–H groups in total. The van der Waals surface area contributed by atoms with Gasteiger partial charge >= 0.3 is 11.9 Å². The van der Waals surface area contributed by atoms with Crippen molar-refractivity contribution in [3.63, 3.8) is 0 Å². The first kappa shape index (κ1) is 15.4. The monoisotopic (exact) mass is 279 g/mol. The number of aliphatic carboxylic acids is 1. The second-order valence-electron chi connectivity index (χ2n) is 3.80. The summed E-state index contributed by atoms with van der Waals surface area (Å²) in [7, 11) is 0. The van der Waals surface area contributed by atoms with Crippen molar-refractivity contribution in [1.82, 2.24) is 0 Å². The molecular weight excluding hydrogens is 266 g/mol. The van der Waals surface area contributed by atoms with E-state index >= 15 is 0 Å². The Kier molecular flexibility index (Phi) is 5.40. The highest BCUT2D eigenvalue weighted by atomic mass is 16.6. The summed E-state index contributed by atoms with van der Waals surface area (Å²) in [5.74, 6) is -1.70. The van der Waals surface area contributed by atoms with Crippen molar-refractivity contribution in [1.29, 1.82) is 0 Å². The Morgan fingerprint density at radius 3 is 2.70 bits per heavy atom. The second kappa shape index (κ2) is 7.03. The van der Waals surface area contributed by atoms with Gasteiger partial charge in [-0.1, -0.05) is 12.1 Å². The average Bonchev–Trinajstić information content (AvgIpc) is 2.37. The normalized spacial score (nSPS) is 10.4. The smallest absolute Gasteiger partial charge is 0.330 e. The summed E-state index contributed by atoms with van der Waals surface area (Å²) in [5, 5.41) is 19.6. The maximum atomic E-state index is 11.1. The SMILES string of the molecule is CCOC(=O)C=Cc1ccc(CC(=O)O)c([N+](=O)[O-])c1. The van der Waals surface area contributed by atoms with Gasteiger partial charge in [-0.2, -0.15) is 0 Å². The van der Waals surface area contributed by atoms with Crippen LogP contribution in [-0.2, 0) is 20.7 Å². The molecule has 0 saturated heterocycles. The predicted molar refractivity (Wildman–Crippen MR) is 70.1 cm³/mol. The van der Waals surface area contributed by atoms with Crippen LogP contribution in [0.3, 0.4) is 0 Å². The zero-order chi connectivity index (χ0) is 15.1. The molecule has 7 nitrogen and oxygen atoms in total. The van der Waals surface area contributed by atoms with Gasteiger partial charge in [0.2, 0.25) is 0 Å². The van der Waals surface area contributed by atoms with Gasteiger partial charge in [0.1, 0.15) is 0 Å². The van der Waals surface area contributed by atoms with E-state index in [0.717, 1.165) is 6.08 Å². The molecule has 0 spiro atoms. The third-order valence-corrected chi connectivity index (χ3v) is 2.35. The Hall–Kier alpha value is -2.70. The van der Waals surface area contributed by atoms with Crippen molar-refractivity contribution in [3.8, 4) is 0 Å². The van der Waals surface area contributed by atoms with Gasteiger partial charge in [-0.25, -0.2) is 4.79 Å². The second-order valence-corrected chi connectivity index (χ2v) is 3.80. The molecular formula is C13H13NO6. The topological polar surface area (TPSA) is 107 Å². The Bertz CT molecular complexity index is 564. The molecule has 0 fully saturated rings. The molecule has 0 unspecified atom stereocenters. The molecule has 20 heavy (non-hydrogen) atoms. The van der Waals surface area contributed by atoms with Crippen LogP contribution in [0.5, 0.6) is 0 Å². The number of nitrogens with zero attached hydrogens (tertiary/aromatic N) is 1. The summed E-state index contributed by atoms with van der Waals surface area (Å²) in [6.45, 7) is 1.90. The van der Waals surface area contributed by atoms with Gasteiger partial charge in [-0.05, 0) is 18.6 Å². The Morgan fingerprint density at radius 1 is 1.45 bits per heavy atom. The number of nitro benzene ring substituents is 1. The van der Waals surface area contributed by atoms with E-state index in [4.69, 9.17) is 5.11 Å². The van der Waals surface area contributed by atoms with E-state index in [-0.39, 0.29) is 17.9 Å². The average molecular weight is 279 g/mol. The fraction of sp³-hybridized carbons (Fsp3) is 0.231. The molecule has 0 aliphatic rings. The van der Waals surface area contributed by atoms with Crippen LogP contribution in [0.25, 0.3) is 6.08 Å². The number of hydrogen-bond acceptors (Lipinski definition) is 5. The number of carbonyl (C=O) groups excluding carboxylic acids is 1. The van der Waals surface area contributed by atoms with Crippen LogP contribution in [0.4, 0.5) is 5.69 Å². The number of carbonyl (C=O) groups is 2. The third kappa shape index (κ3) is 4.52. The quantitative estimate of drug-likeness (QED) is 0.368. The highest BCUT2D eigenvalue weighted by molar-refractivity contribution is 5.87. The number of carboxylic acids is 1. The van der Waals surface area contributed by atoms with E-state index in [2.05, 4.69) is 4.74 Å². The van der Waals surface area contributed by atoms with E-state index < -0.39 is 23.3 Å². The largest absolute Gasteiger partial charge is 0.481 e. The van der Waals surface area contributed by atoms with E-state index in [1.165, 1.54) is 24.3 Å². The number of rotatable bonds is 6. The lowest BCUT2D eigenvalue weighted by atomic mass is 10.1. The number of hydrogen-bond donors (Lipinski definition) is 1. The van der Waals surface area contributed by atoms with Crippen LogP contribution in [0.1, 0.15) is 18.1 Å². The van der Waals surface area contributed by atoms with Gasteiger partial charge in [0, 0.05) is 17.7 Å². The summed E-state index contributed by atoms with van der Waals surface area (Å²) in [6.07, 6.45) is 2.09. The lowest BCUT2D eigenvalue weighted by Crippen LogP contribution is -2.04. The van der Waals surface area contributed by atoms with Crippen molar-refractivity contribution in [3.05, 3.63) is 45.5 Å². The molecule has 0 saturated carbocycles. The number of ether oxygens (including phenoxy) is 1. The minimum atomic E-state index is -1.15. The number of nitro groups is 1. The number of benzene rings is 1. The fourth-order valence-electron chi connectivity index (χ4n) is 1.52. The molecule has 7 heteroatoms. The van der Waals surface area contributed by atoms with Crippen molar-refractivity contribution in [2.24, 2.45) is 0 Å². The minimum absolute atomic E-state index is 0.107. The Morgan fingerprint density at radius 2 is 2.15 bits per heavy atom. The van der Waals surface area contributed by atoms with Crippen LogP contribution < -0.4 is 0 Å². The van der Waals surface area contributed by atoms with Crippen molar-refractivity contribution in [2.45, 2.75) is 13.3 Å². The minimum Gasteiger partial charge on any atom is -0.481 e. The molecule has 0 atom stereocenters. The Labute approximate surface area is 114 Å². The van der Waals surface area contributed by atoms with E-state index in [9.17, 15) is 19.7 Å². The fourth-order valence-corrected chi connectivity index (χ4v) is 1.52. The molecule has 0 aromatic heterocycles. The summed E-state index contributed by atoms with van der Waals surface area (Å²) >= 11 is 0. The first-order valence-corrected chi connectivity index (χ1v) is 5.78. The molecule has 0 bridgehead atoms. The molecule has 0 heterocycles. The number of esters is 1. The van der Waals surface area contributed by atoms with Crippen LogP contribution in [-0.4, -0.2) is 28.6 Å². The molecule has 1 aromatic carbocycles. The maximum Gasteiger partial charge on any atom is 0.330 e. The summed E-state index contributed by atoms with van der Waals surface area (Å²) in [6, 6.07) is 4.08. The zero-order valence-corrected chi connectivity index (χ0v) is 10.7. The highest BCUT2D eigenvalue weighted by Gasteiger charge is 2.16. The first-order chi connectivity index (χ1) is 9.43. The summed E-state index contributed by atoms with van der Waals surface area (Å²) in [4.78, 5) is 32.0. The molecule has 0 aliphatic heterocycles. The molecule has 0 amide bonds. The lowest BCUT2D eigenvalue weighted by molar-refractivity contribution is -0.385. The summed E-state index contributed by atoms with van der Waals surface area (Å²) in [5.41, 5.74) is 0.230. The molecule has 1 rings (SSSR count). The summed E-state index contributed by atoms with van der Waals surface area (Å²) < 4.78 is 4.68. The van der Waals surface area contributed by atoms with Gasteiger partial charge < -0.3 is 9.84 Å². The predicted octanol–water partition coefficient (Wildman–Crippen LogP) is 1.80. The Balaban J connectivity index is 3.01.